The predicted molar refractivity (Wildman–Crippen MR) is 65.6 cm³/mol. The molecule has 0 saturated carbocycles. The summed E-state index contributed by atoms with van der Waals surface area (Å²) in [5, 5.41) is 9.06. The van der Waals surface area contributed by atoms with Crippen LogP contribution >= 0.6 is 0 Å². The first-order valence-electron chi connectivity index (χ1n) is 6.27. The van der Waals surface area contributed by atoms with Gasteiger partial charge in [0.25, 0.3) is 0 Å². The molecule has 5 heteroatoms. The van der Waals surface area contributed by atoms with Crippen LogP contribution in [0.3, 0.4) is 0 Å². The quantitative estimate of drug-likeness (QED) is 0.889. The fourth-order valence-electron chi connectivity index (χ4n) is 2.32. The molecule has 2 heterocycles. The first-order chi connectivity index (χ1) is 8.61. The van der Waals surface area contributed by atoms with Crippen LogP contribution < -0.4 is 0 Å². The fraction of sp³-hybridized carbons (Fsp3) is 0.615. The molecule has 18 heavy (non-hydrogen) atoms. The largest absolute Gasteiger partial charge is 0.478 e. The van der Waals surface area contributed by atoms with Gasteiger partial charge in [-0.15, -0.1) is 0 Å². The second-order valence-electron chi connectivity index (χ2n) is 4.70. The average molecular weight is 253 g/mol. The van der Waals surface area contributed by atoms with Gasteiger partial charge in [0.2, 0.25) is 0 Å². The Morgan fingerprint density at radius 2 is 2.39 bits per heavy atom. The highest BCUT2D eigenvalue weighted by molar-refractivity contribution is 5.88. The highest BCUT2D eigenvalue weighted by Crippen LogP contribution is 2.20. The zero-order valence-corrected chi connectivity index (χ0v) is 10.8. The first-order valence-corrected chi connectivity index (χ1v) is 6.27. The number of carboxylic acid groups (broad SMARTS) is 1. The monoisotopic (exact) mass is 253 g/mol. The number of furan rings is 1. The van der Waals surface area contributed by atoms with Crippen LogP contribution in [0.2, 0.25) is 0 Å². The van der Waals surface area contributed by atoms with Crippen LogP contribution in [0.5, 0.6) is 0 Å². The molecule has 2 unspecified atom stereocenters. The lowest BCUT2D eigenvalue weighted by Gasteiger charge is -2.37. The van der Waals surface area contributed by atoms with Gasteiger partial charge in [0.15, 0.2) is 0 Å². The smallest absolute Gasteiger partial charge is 0.339 e. The van der Waals surface area contributed by atoms with Crippen molar-refractivity contribution in [1.82, 2.24) is 4.90 Å². The van der Waals surface area contributed by atoms with Gasteiger partial charge in [-0.05, 0) is 19.4 Å². The van der Waals surface area contributed by atoms with Crippen molar-refractivity contribution in [2.24, 2.45) is 0 Å². The number of aromatic carboxylic acids is 1. The summed E-state index contributed by atoms with van der Waals surface area (Å²) in [5.74, 6) is -0.414. The second-order valence-corrected chi connectivity index (χ2v) is 4.70. The van der Waals surface area contributed by atoms with E-state index in [2.05, 4.69) is 11.8 Å². The van der Waals surface area contributed by atoms with Crippen molar-refractivity contribution in [3.63, 3.8) is 0 Å². The van der Waals surface area contributed by atoms with Crippen LogP contribution in [-0.2, 0) is 11.3 Å². The van der Waals surface area contributed by atoms with E-state index in [-0.39, 0.29) is 11.7 Å². The van der Waals surface area contributed by atoms with E-state index in [9.17, 15) is 4.79 Å². The SMILES string of the molecule is CCC1COC(C)CN1Cc1occc1C(=O)O. The van der Waals surface area contributed by atoms with Crippen molar-refractivity contribution in [2.75, 3.05) is 13.2 Å². The third-order valence-electron chi connectivity index (χ3n) is 3.37. The van der Waals surface area contributed by atoms with Crippen molar-refractivity contribution in [2.45, 2.75) is 39.0 Å². The van der Waals surface area contributed by atoms with Crippen LogP contribution in [0, 0.1) is 0 Å². The minimum atomic E-state index is -0.937. The van der Waals surface area contributed by atoms with E-state index in [1.807, 2.05) is 6.92 Å². The van der Waals surface area contributed by atoms with Crippen molar-refractivity contribution in [1.29, 1.82) is 0 Å². The molecule has 1 aliphatic heterocycles. The standard InChI is InChI=1S/C13H19NO4/c1-3-10-8-18-9(2)6-14(10)7-12-11(13(15)16)4-5-17-12/h4-5,9-10H,3,6-8H2,1-2H3,(H,15,16). The van der Waals surface area contributed by atoms with E-state index in [0.717, 1.165) is 13.0 Å². The molecule has 1 N–H and O–H groups in total. The Labute approximate surface area is 106 Å². The highest BCUT2D eigenvalue weighted by atomic mass is 16.5. The van der Waals surface area contributed by atoms with E-state index in [1.165, 1.54) is 12.3 Å². The maximum absolute atomic E-state index is 11.0. The van der Waals surface area contributed by atoms with Gasteiger partial charge in [0, 0.05) is 12.6 Å². The molecule has 1 aromatic rings. The Kier molecular flexibility index (Phi) is 4.04. The lowest BCUT2D eigenvalue weighted by atomic mass is 10.1. The zero-order chi connectivity index (χ0) is 13.1. The Hall–Kier alpha value is -1.33. The Morgan fingerprint density at radius 1 is 1.61 bits per heavy atom. The molecule has 1 aromatic heterocycles. The lowest BCUT2D eigenvalue weighted by molar-refractivity contribution is -0.0611. The predicted octanol–water partition coefficient (Wildman–Crippen LogP) is 1.98. The van der Waals surface area contributed by atoms with E-state index < -0.39 is 5.97 Å². The number of hydrogen-bond donors (Lipinski definition) is 1. The van der Waals surface area contributed by atoms with E-state index in [1.54, 1.807) is 0 Å². The molecular formula is C13H19NO4. The lowest BCUT2D eigenvalue weighted by Crippen LogP contribution is -2.47. The molecule has 0 amide bonds. The minimum absolute atomic E-state index is 0.177. The summed E-state index contributed by atoms with van der Waals surface area (Å²) < 4.78 is 10.9. The molecule has 0 spiro atoms. The third kappa shape index (κ3) is 2.73. The summed E-state index contributed by atoms with van der Waals surface area (Å²) in [6.45, 7) is 6.16. The molecule has 0 aliphatic carbocycles. The van der Waals surface area contributed by atoms with Gasteiger partial charge < -0.3 is 14.3 Å². The fourth-order valence-corrected chi connectivity index (χ4v) is 2.32. The summed E-state index contributed by atoms with van der Waals surface area (Å²) in [5.41, 5.74) is 0.254. The van der Waals surface area contributed by atoms with Crippen molar-refractivity contribution in [3.05, 3.63) is 23.7 Å². The molecule has 2 rings (SSSR count). The zero-order valence-electron chi connectivity index (χ0n) is 10.8. The molecule has 0 bridgehead atoms. The van der Waals surface area contributed by atoms with Gasteiger partial charge in [0.05, 0.1) is 25.5 Å². The molecule has 100 valence electrons. The topological polar surface area (TPSA) is 62.9 Å². The van der Waals surface area contributed by atoms with Crippen LogP contribution in [-0.4, -0.2) is 41.3 Å². The number of morpholine rings is 1. The van der Waals surface area contributed by atoms with E-state index in [4.69, 9.17) is 14.3 Å². The molecule has 5 nitrogen and oxygen atoms in total. The molecule has 0 radical (unpaired) electrons. The number of ether oxygens (including phenoxy) is 1. The van der Waals surface area contributed by atoms with Crippen LogP contribution in [0.4, 0.5) is 0 Å². The maximum Gasteiger partial charge on any atom is 0.339 e. The Morgan fingerprint density at radius 3 is 3.06 bits per heavy atom. The number of nitrogens with zero attached hydrogens (tertiary/aromatic N) is 1. The van der Waals surface area contributed by atoms with E-state index >= 15 is 0 Å². The molecular weight excluding hydrogens is 234 g/mol. The third-order valence-corrected chi connectivity index (χ3v) is 3.37. The van der Waals surface area contributed by atoms with Gasteiger partial charge in [-0.3, -0.25) is 4.90 Å². The maximum atomic E-state index is 11.0. The van der Waals surface area contributed by atoms with Crippen LogP contribution in [0.25, 0.3) is 0 Å². The van der Waals surface area contributed by atoms with Gasteiger partial charge in [0.1, 0.15) is 11.3 Å². The first kappa shape index (κ1) is 13.1. The number of hydrogen-bond acceptors (Lipinski definition) is 4. The summed E-state index contributed by atoms with van der Waals surface area (Å²) in [6.07, 6.45) is 2.59. The highest BCUT2D eigenvalue weighted by Gasteiger charge is 2.27. The normalized spacial score (nSPS) is 25.2. The average Bonchev–Trinajstić information content (AvgIpc) is 2.77. The minimum Gasteiger partial charge on any atom is -0.478 e. The number of carbonyl (C=O) groups is 1. The summed E-state index contributed by atoms with van der Waals surface area (Å²) >= 11 is 0. The van der Waals surface area contributed by atoms with Crippen molar-refractivity contribution >= 4 is 5.97 Å². The second kappa shape index (κ2) is 5.54. The van der Waals surface area contributed by atoms with Gasteiger partial charge in [-0.25, -0.2) is 4.79 Å². The molecule has 1 fully saturated rings. The van der Waals surface area contributed by atoms with Crippen molar-refractivity contribution in [3.8, 4) is 0 Å². The van der Waals surface area contributed by atoms with Gasteiger partial charge >= 0.3 is 5.97 Å². The van der Waals surface area contributed by atoms with Gasteiger partial charge in [-0.1, -0.05) is 6.92 Å². The molecule has 1 saturated heterocycles. The molecule has 1 aliphatic rings. The molecule has 0 aromatic carbocycles. The summed E-state index contributed by atoms with van der Waals surface area (Å²) in [6, 6.07) is 1.83. The summed E-state index contributed by atoms with van der Waals surface area (Å²) in [7, 11) is 0. The van der Waals surface area contributed by atoms with Gasteiger partial charge in [-0.2, -0.15) is 0 Å². The number of carboxylic acids is 1. The molecule has 2 atom stereocenters. The number of rotatable bonds is 4. The van der Waals surface area contributed by atoms with Crippen molar-refractivity contribution < 1.29 is 19.1 Å². The summed E-state index contributed by atoms with van der Waals surface area (Å²) in [4.78, 5) is 13.3. The van der Waals surface area contributed by atoms with Crippen LogP contribution in [0.1, 0.15) is 36.4 Å². The Balaban J connectivity index is 2.10. The Bertz CT molecular complexity index is 415. The van der Waals surface area contributed by atoms with E-state index in [0.29, 0.717) is 25.0 Å². The van der Waals surface area contributed by atoms with Crippen LogP contribution in [0.15, 0.2) is 16.7 Å².